The zero-order chi connectivity index (χ0) is 28.9. The van der Waals surface area contributed by atoms with Gasteiger partial charge in [0.25, 0.3) is 0 Å². The fraction of sp³-hybridized carbons (Fsp3) is 0.244. The van der Waals surface area contributed by atoms with Gasteiger partial charge in [0, 0.05) is 40.7 Å². The van der Waals surface area contributed by atoms with Gasteiger partial charge in [-0.25, -0.2) is 0 Å². The van der Waals surface area contributed by atoms with Crippen LogP contribution in [0.25, 0.3) is 21.5 Å². The summed E-state index contributed by atoms with van der Waals surface area (Å²) in [7, 11) is 0. The van der Waals surface area contributed by atoms with Crippen LogP contribution in [0.2, 0.25) is 0 Å². The molecular weight excluding hydrogens is 520 g/mol. The van der Waals surface area contributed by atoms with E-state index in [1.54, 1.807) is 0 Å². The lowest BCUT2D eigenvalue weighted by Crippen LogP contribution is -2.46. The van der Waals surface area contributed by atoms with Gasteiger partial charge in [-0.1, -0.05) is 96.5 Å². The van der Waals surface area contributed by atoms with Crippen LogP contribution in [0.15, 0.2) is 97.1 Å². The maximum atomic E-state index is 10.1. The summed E-state index contributed by atoms with van der Waals surface area (Å²) in [5, 5.41) is 14.1. The molecule has 9 rings (SSSR count). The molecule has 0 spiro atoms. The van der Waals surface area contributed by atoms with E-state index in [1.165, 1.54) is 29.7 Å². The van der Waals surface area contributed by atoms with Crippen LogP contribution in [-0.2, 0) is 10.8 Å². The number of rotatable bonds is 1. The van der Waals surface area contributed by atoms with E-state index < -0.39 is 0 Å². The van der Waals surface area contributed by atoms with Crippen molar-refractivity contribution in [2.24, 2.45) is 0 Å². The summed E-state index contributed by atoms with van der Waals surface area (Å²) in [6.07, 6.45) is 6.63. The van der Waals surface area contributed by atoms with Gasteiger partial charge < -0.3 is 4.90 Å². The molecule has 2 nitrogen and oxygen atoms in total. The number of nitrogens with zero attached hydrogens (tertiary/aromatic N) is 2. The smallest absolute Gasteiger partial charge is 0.100 e. The Labute approximate surface area is 254 Å². The molecule has 3 aliphatic carbocycles. The van der Waals surface area contributed by atoms with Gasteiger partial charge in [-0.3, -0.25) is 0 Å². The molecule has 5 aromatic carbocycles. The van der Waals surface area contributed by atoms with Crippen LogP contribution < -0.4 is 4.90 Å². The normalized spacial score (nSPS) is 21.9. The summed E-state index contributed by atoms with van der Waals surface area (Å²) >= 11 is 0. The summed E-state index contributed by atoms with van der Waals surface area (Å²) in [5.41, 5.74) is 6.55. The number of anilines is 1. The van der Waals surface area contributed by atoms with E-state index in [4.69, 9.17) is 0 Å². The van der Waals surface area contributed by atoms with Gasteiger partial charge in [-0.15, -0.1) is 0 Å². The van der Waals surface area contributed by atoms with Gasteiger partial charge in [0.1, 0.15) is 6.07 Å². The van der Waals surface area contributed by atoms with Crippen molar-refractivity contribution < 1.29 is 0 Å². The molecule has 206 valence electrons. The van der Waals surface area contributed by atoms with Crippen LogP contribution in [0.1, 0.15) is 66.3 Å². The van der Waals surface area contributed by atoms with E-state index in [0.717, 1.165) is 77.0 Å². The van der Waals surface area contributed by atoms with Crippen molar-refractivity contribution in [3.05, 3.63) is 125 Å². The molecule has 0 unspecified atom stereocenters. The van der Waals surface area contributed by atoms with Crippen molar-refractivity contribution in [2.45, 2.75) is 49.4 Å². The predicted octanol–water partition coefficient (Wildman–Crippen LogP) is 8.63. The Kier molecular flexibility index (Phi) is 6.03. The minimum absolute atomic E-state index is 0.124. The lowest BCUT2D eigenvalue weighted by atomic mass is 9.51. The van der Waals surface area contributed by atoms with E-state index in [0.29, 0.717) is 0 Å². The van der Waals surface area contributed by atoms with Crippen LogP contribution in [0, 0.1) is 35.0 Å². The van der Waals surface area contributed by atoms with E-state index in [1.807, 2.05) is 36.4 Å². The first-order valence-electron chi connectivity index (χ1n) is 15.5. The molecule has 0 amide bonds. The van der Waals surface area contributed by atoms with E-state index in [9.17, 15) is 5.26 Å². The number of nitriles is 1. The zero-order valence-corrected chi connectivity index (χ0v) is 24.3. The van der Waals surface area contributed by atoms with Crippen LogP contribution in [-0.4, -0.2) is 13.1 Å². The second-order valence-electron chi connectivity index (χ2n) is 12.4. The van der Waals surface area contributed by atoms with Crippen LogP contribution >= 0.6 is 0 Å². The topological polar surface area (TPSA) is 27.0 Å². The molecule has 2 heteroatoms. The molecule has 5 aromatic rings. The second kappa shape index (κ2) is 10.1. The van der Waals surface area contributed by atoms with Crippen molar-refractivity contribution in [2.75, 3.05) is 18.0 Å². The highest BCUT2D eigenvalue weighted by Gasteiger charge is 2.51. The van der Waals surface area contributed by atoms with E-state index >= 15 is 0 Å². The fourth-order valence-electron chi connectivity index (χ4n) is 7.83. The Bertz CT molecular complexity index is 2000. The monoisotopic (exact) mass is 552 g/mol. The highest BCUT2D eigenvalue weighted by Crippen LogP contribution is 2.56. The van der Waals surface area contributed by atoms with Gasteiger partial charge in [0.2, 0.25) is 0 Å². The Morgan fingerprint density at radius 1 is 0.535 bits per heavy atom. The molecule has 0 aromatic heterocycles. The Balaban J connectivity index is 1.19. The Morgan fingerprint density at radius 3 is 1.51 bits per heavy atom. The lowest BCUT2D eigenvalue weighted by molar-refractivity contribution is 0.249. The average Bonchev–Trinajstić information content (AvgIpc) is 3.62. The molecule has 0 N–H and O–H groups in total. The van der Waals surface area contributed by atoms with Gasteiger partial charge in [0.15, 0.2) is 0 Å². The summed E-state index contributed by atoms with van der Waals surface area (Å²) < 4.78 is 0. The summed E-state index contributed by atoms with van der Waals surface area (Å²) in [5.74, 6) is 14.9. The third-order valence-corrected chi connectivity index (χ3v) is 10.2. The first-order valence-corrected chi connectivity index (χ1v) is 15.5. The quantitative estimate of drug-likeness (QED) is 0.154. The SMILES string of the molecule is N#Cc1c2ccccc2c(C#CC23CCC(C#Cc4ccc(N5CCCC5)cc4)(CC2)c2ccccc23)c2ccccc12. The number of benzene rings is 5. The summed E-state index contributed by atoms with van der Waals surface area (Å²) in [6, 6.07) is 36.7. The number of hydrogen-bond acceptors (Lipinski definition) is 2. The molecule has 43 heavy (non-hydrogen) atoms. The van der Waals surface area contributed by atoms with Crippen LogP contribution in [0.3, 0.4) is 0 Å². The third-order valence-electron chi connectivity index (χ3n) is 10.2. The molecule has 1 aliphatic heterocycles. The van der Waals surface area contributed by atoms with Crippen molar-refractivity contribution in [3.8, 4) is 29.8 Å². The summed E-state index contributed by atoms with van der Waals surface area (Å²) in [6.45, 7) is 2.32. The van der Waals surface area contributed by atoms with Gasteiger partial charge in [-0.05, 0) is 84.7 Å². The minimum atomic E-state index is -0.187. The van der Waals surface area contributed by atoms with E-state index in [2.05, 4.69) is 95.3 Å². The van der Waals surface area contributed by atoms with Crippen molar-refractivity contribution in [3.63, 3.8) is 0 Å². The average molecular weight is 553 g/mol. The van der Waals surface area contributed by atoms with Crippen LogP contribution in [0.4, 0.5) is 5.69 Å². The highest BCUT2D eigenvalue weighted by atomic mass is 15.1. The predicted molar refractivity (Wildman–Crippen MR) is 176 cm³/mol. The maximum absolute atomic E-state index is 10.1. The highest BCUT2D eigenvalue weighted by molar-refractivity contribution is 6.09. The first kappa shape index (κ1) is 25.7. The fourth-order valence-corrected chi connectivity index (χ4v) is 7.83. The largest absolute Gasteiger partial charge is 0.372 e. The second-order valence-corrected chi connectivity index (χ2v) is 12.4. The van der Waals surface area contributed by atoms with Gasteiger partial charge in [0.05, 0.1) is 16.4 Å². The van der Waals surface area contributed by atoms with Crippen LogP contribution in [0.5, 0.6) is 0 Å². The molecule has 0 atom stereocenters. The van der Waals surface area contributed by atoms with Crippen molar-refractivity contribution >= 4 is 27.2 Å². The number of fused-ring (bicyclic) bond motifs is 4. The molecule has 4 aliphatic rings. The zero-order valence-electron chi connectivity index (χ0n) is 24.3. The molecule has 2 fully saturated rings. The molecule has 1 saturated carbocycles. The number of hydrogen-bond donors (Lipinski definition) is 0. The first-order chi connectivity index (χ1) is 21.2. The molecular formula is C41H32N2. The molecule has 2 bridgehead atoms. The standard InChI is InChI=1S/C41H32N2/c42-29-37-34-11-3-1-9-32(34)36(33-10-2-4-12-35(33)37)20-22-41-25-23-40(24-26-41,38-13-5-6-14-39(38)41)21-19-30-15-17-31(18-16-30)43-27-7-8-28-43/h1-6,9-18H,7-8,23-28H2. The molecule has 0 radical (unpaired) electrons. The van der Waals surface area contributed by atoms with Crippen molar-refractivity contribution in [1.29, 1.82) is 5.26 Å². The Morgan fingerprint density at radius 2 is 1.00 bits per heavy atom. The summed E-state index contributed by atoms with van der Waals surface area (Å²) in [4.78, 5) is 2.47. The van der Waals surface area contributed by atoms with Crippen molar-refractivity contribution in [1.82, 2.24) is 0 Å². The lowest BCUT2D eigenvalue weighted by Gasteiger charge is -2.50. The van der Waals surface area contributed by atoms with Gasteiger partial charge >= 0.3 is 0 Å². The maximum Gasteiger partial charge on any atom is 0.100 e. The minimum Gasteiger partial charge on any atom is -0.372 e. The van der Waals surface area contributed by atoms with E-state index in [-0.39, 0.29) is 10.8 Å². The third kappa shape index (κ3) is 4.12. The molecule has 1 heterocycles. The molecule has 1 saturated heterocycles. The van der Waals surface area contributed by atoms with Gasteiger partial charge in [-0.2, -0.15) is 5.26 Å². The Hall–Kier alpha value is -4.97.